The van der Waals surface area contributed by atoms with Gasteiger partial charge in [-0.2, -0.15) is 16.3 Å². The van der Waals surface area contributed by atoms with Crippen molar-refractivity contribution in [3.63, 3.8) is 0 Å². The Bertz CT molecular complexity index is 666. The first-order chi connectivity index (χ1) is 10.3. The summed E-state index contributed by atoms with van der Waals surface area (Å²) in [7, 11) is 2.06. The van der Waals surface area contributed by atoms with E-state index in [1.807, 2.05) is 41.4 Å². The molecule has 0 aliphatic heterocycles. The van der Waals surface area contributed by atoms with E-state index in [1.165, 1.54) is 5.56 Å². The van der Waals surface area contributed by atoms with Crippen LogP contribution >= 0.6 is 11.3 Å². The van der Waals surface area contributed by atoms with E-state index >= 15 is 0 Å². The van der Waals surface area contributed by atoms with E-state index in [0.717, 1.165) is 18.5 Å². The summed E-state index contributed by atoms with van der Waals surface area (Å²) in [5.74, 6) is 1.31. The van der Waals surface area contributed by atoms with Crippen molar-refractivity contribution in [2.75, 3.05) is 13.6 Å². The molecule has 3 rings (SSSR count). The number of hydrogen-bond donors (Lipinski definition) is 0. The molecule has 5 nitrogen and oxygen atoms in total. The van der Waals surface area contributed by atoms with E-state index in [4.69, 9.17) is 4.52 Å². The standard InChI is InChI=1S/C15H16N4OS/c1-19(8-4-12-2-6-16-7-3-12)10-14-17-15(20-18-14)13-5-9-21-11-13/h2-3,5-7,9,11H,4,8,10H2,1H3. The zero-order valence-corrected chi connectivity index (χ0v) is 12.6. The summed E-state index contributed by atoms with van der Waals surface area (Å²) in [6.45, 7) is 1.62. The van der Waals surface area contributed by atoms with Gasteiger partial charge in [-0.3, -0.25) is 9.88 Å². The van der Waals surface area contributed by atoms with Crippen LogP contribution in [0.25, 0.3) is 11.5 Å². The lowest BCUT2D eigenvalue weighted by Crippen LogP contribution is -2.21. The Morgan fingerprint density at radius 3 is 2.86 bits per heavy atom. The minimum absolute atomic E-state index is 0.591. The summed E-state index contributed by atoms with van der Waals surface area (Å²) in [5.41, 5.74) is 2.27. The molecule has 0 atom stereocenters. The van der Waals surface area contributed by atoms with Crippen molar-refractivity contribution in [1.82, 2.24) is 20.0 Å². The minimum Gasteiger partial charge on any atom is -0.334 e. The number of aromatic nitrogens is 3. The SMILES string of the molecule is CN(CCc1ccncc1)Cc1noc(-c2ccsc2)n1. The van der Waals surface area contributed by atoms with Gasteiger partial charge in [0.05, 0.1) is 12.1 Å². The van der Waals surface area contributed by atoms with Gasteiger partial charge in [0, 0.05) is 24.3 Å². The average molecular weight is 300 g/mol. The molecule has 0 saturated carbocycles. The predicted molar refractivity (Wildman–Crippen MR) is 81.9 cm³/mol. The summed E-state index contributed by atoms with van der Waals surface area (Å²) in [4.78, 5) is 10.6. The fraction of sp³-hybridized carbons (Fsp3) is 0.267. The molecule has 0 fully saturated rings. The molecule has 3 aromatic heterocycles. The fourth-order valence-corrected chi connectivity index (χ4v) is 2.64. The molecule has 0 aliphatic carbocycles. The molecule has 0 amide bonds. The normalized spacial score (nSPS) is 11.1. The quantitative estimate of drug-likeness (QED) is 0.700. The molecule has 21 heavy (non-hydrogen) atoms. The van der Waals surface area contributed by atoms with Crippen molar-refractivity contribution in [3.8, 4) is 11.5 Å². The van der Waals surface area contributed by atoms with Gasteiger partial charge < -0.3 is 4.52 Å². The van der Waals surface area contributed by atoms with Gasteiger partial charge in [-0.15, -0.1) is 0 Å². The van der Waals surface area contributed by atoms with E-state index in [0.29, 0.717) is 18.3 Å². The summed E-state index contributed by atoms with van der Waals surface area (Å²) in [5, 5.41) is 8.04. The number of rotatable bonds is 6. The van der Waals surface area contributed by atoms with Gasteiger partial charge in [0.25, 0.3) is 5.89 Å². The van der Waals surface area contributed by atoms with E-state index in [2.05, 4.69) is 27.1 Å². The van der Waals surface area contributed by atoms with Crippen molar-refractivity contribution < 1.29 is 4.52 Å². The van der Waals surface area contributed by atoms with E-state index in [9.17, 15) is 0 Å². The predicted octanol–water partition coefficient (Wildman–Crippen LogP) is 2.87. The lowest BCUT2D eigenvalue weighted by atomic mass is 10.2. The Hall–Kier alpha value is -2.05. The summed E-state index contributed by atoms with van der Waals surface area (Å²) in [6, 6.07) is 6.06. The second-order valence-electron chi connectivity index (χ2n) is 4.87. The van der Waals surface area contributed by atoms with Gasteiger partial charge in [-0.05, 0) is 42.6 Å². The Morgan fingerprint density at radius 2 is 2.10 bits per heavy atom. The van der Waals surface area contributed by atoms with Crippen LogP contribution in [-0.2, 0) is 13.0 Å². The highest BCUT2D eigenvalue weighted by molar-refractivity contribution is 7.08. The first-order valence-corrected chi connectivity index (χ1v) is 7.68. The molecule has 0 saturated heterocycles. The van der Waals surface area contributed by atoms with Gasteiger partial charge in [0.2, 0.25) is 0 Å². The smallest absolute Gasteiger partial charge is 0.258 e. The van der Waals surface area contributed by atoms with Crippen LogP contribution in [0.4, 0.5) is 0 Å². The third-order valence-electron chi connectivity index (χ3n) is 3.18. The number of likely N-dealkylation sites (N-methyl/N-ethyl adjacent to an activating group) is 1. The minimum atomic E-state index is 0.591. The average Bonchev–Trinajstić information content (AvgIpc) is 3.17. The van der Waals surface area contributed by atoms with Gasteiger partial charge in [0.1, 0.15) is 0 Å². The Labute approximate surface area is 127 Å². The molecule has 3 aromatic rings. The monoisotopic (exact) mass is 300 g/mol. The Morgan fingerprint density at radius 1 is 1.24 bits per heavy atom. The maximum absolute atomic E-state index is 5.28. The first kappa shape index (κ1) is 13.9. The molecule has 6 heteroatoms. The highest BCUT2D eigenvalue weighted by Crippen LogP contribution is 2.20. The molecule has 0 aliphatic rings. The molecule has 108 valence electrons. The van der Waals surface area contributed by atoms with Crippen molar-refractivity contribution >= 4 is 11.3 Å². The topological polar surface area (TPSA) is 55.1 Å². The zero-order chi connectivity index (χ0) is 14.5. The third kappa shape index (κ3) is 3.74. The van der Waals surface area contributed by atoms with Gasteiger partial charge >= 0.3 is 0 Å². The number of hydrogen-bond acceptors (Lipinski definition) is 6. The molecule has 0 aromatic carbocycles. The van der Waals surface area contributed by atoms with Crippen molar-refractivity contribution in [1.29, 1.82) is 0 Å². The van der Waals surface area contributed by atoms with Crippen molar-refractivity contribution in [2.45, 2.75) is 13.0 Å². The maximum Gasteiger partial charge on any atom is 0.258 e. The van der Waals surface area contributed by atoms with Crippen LogP contribution in [0.5, 0.6) is 0 Å². The first-order valence-electron chi connectivity index (χ1n) is 6.74. The van der Waals surface area contributed by atoms with E-state index in [-0.39, 0.29) is 0 Å². The molecule has 0 bridgehead atoms. The molecular formula is C15H16N4OS. The van der Waals surface area contributed by atoms with Gasteiger partial charge in [0.15, 0.2) is 5.82 Å². The van der Waals surface area contributed by atoms with Crippen LogP contribution in [0.3, 0.4) is 0 Å². The molecule has 0 spiro atoms. The van der Waals surface area contributed by atoms with Gasteiger partial charge in [-0.25, -0.2) is 0 Å². The van der Waals surface area contributed by atoms with Crippen LogP contribution in [0.2, 0.25) is 0 Å². The van der Waals surface area contributed by atoms with Crippen molar-refractivity contribution in [3.05, 3.63) is 52.7 Å². The Balaban J connectivity index is 1.54. The zero-order valence-electron chi connectivity index (χ0n) is 11.8. The highest BCUT2D eigenvalue weighted by atomic mass is 32.1. The van der Waals surface area contributed by atoms with Crippen LogP contribution < -0.4 is 0 Å². The number of nitrogens with zero attached hydrogens (tertiary/aromatic N) is 4. The molecule has 0 radical (unpaired) electrons. The summed E-state index contributed by atoms with van der Waals surface area (Å²) >= 11 is 1.62. The molecule has 0 unspecified atom stereocenters. The van der Waals surface area contributed by atoms with E-state index < -0.39 is 0 Å². The lowest BCUT2D eigenvalue weighted by molar-refractivity contribution is 0.313. The molecular weight excluding hydrogens is 284 g/mol. The van der Waals surface area contributed by atoms with Crippen LogP contribution in [-0.4, -0.2) is 33.6 Å². The second kappa shape index (κ2) is 6.60. The number of pyridine rings is 1. The summed E-state index contributed by atoms with van der Waals surface area (Å²) < 4.78 is 5.28. The van der Waals surface area contributed by atoms with Crippen molar-refractivity contribution in [2.24, 2.45) is 0 Å². The van der Waals surface area contributed by atoms with Crippen LogP contribution in [0.15, 0.2) is 45.9 Å². The van der Waals surface area contributed by atoms with E-state index in [1.54, 1.807) is 11.3 Å². The maximum atomic E-state index is 5.28. The lowest BCUT2D eigenvalue weighted by Gasteiger charge is -2.13. The second-order valence-corrected chi connectivity index (χ2v) is 5.65. The Kier molecular flexibility index (Phi) is 4.37. The van der Waals surface area contributed by atoms with Gasteiger partial charge in [-0.1, -0.05) is 5.16 Å². The highest BCUT2D eigenvalue weighted by Gasteiger charge is 2.10. The number of thiophene rings is 1. The molecule has 0 N–H and O–H groups in total. The fourth-order valence-electron chi connectivity index (χ4n) is 2.01. The van der Waals surface area contributed by atoms with Crippen LogP contribution in [0.1, 0.15) is 11.4 Å². The van der Waals surface area contributed by atoms with Crippen LogP contribution in [0, 0.1) is 0 Å². The largest absolute Gasteiger partial charge is 0.334 e. The molecule has 3 heterocycles. The third-order valence-corrected chi connectivity index (χ3v) is 3.86. The summed E-state index contributed by atoms with van der Waals surface area (Å²) in [6.07, 6.45) is 4.62.